The minimum atomic E-state index is 0.177. The van der Waals surface area contributed by atoms with Gasteiger partial charge in [0.05, 0.1) is 0 Å². The smallest absolute Gasteiger partial charge is 0.164 e. The van der Waals surface area contributed by atoms with E-state index in [9.17, 15) is 4.79 Å². The highest BCUT2D eigenvalue weighted by Crippen LogP contribution is 2.10. The summed E-state index contributed by atoms with van der Waals surface area (Å²) in [5.74, 6) is 0.177. The Labute approximate surface area is 108 Å². The van der Waals surface area contributed by atoms with E-state index in [-0.39, 0.29) is 5.78 Å². The van der Waals surface area contributed by atoms with Crippen LogP contribution in [0.15, 0.2) is 54.6 Å². The van der Waals surface area contributed by atoms with Gasteiger partial charge in [0, 0.05) is 24.2 Å². The van der Waals surface area contributed by atoms with Crippen LogP contribution in [0.4, 0.5) is 5.69 Å². The number of anilines is 1. The van der Waals surface area contributed by atoms with Gasteiger partial charge in [-0.25, -0.2) is 0 Å². The SMILES string of the molecule is Cc1cccc(NCCC(=O)c2ccccc2)c1. The van der Waals surface area contributed by atoms with Crippen LogP contribution < -0.4 is 5.32 Å². The second kappa shape index (κ2) is 6.01. The zero-order valence-electron chi connectivity index (χ0n) is 10.5. The van der Waals surface area contributed by atoms with E-state index in [4.69, 9.17) is 0 Å². The molecule has 2 aromatic carbocycles. The van der Waals surface area contributed by atoms with Crippen molar-refractivity contribution >= 4 is 11.5 Å². The zero-order valence-corrected chi connectivity index (χ0v) is 10.5. The maximum Gasteiger partial charge on any atom is 0.164 e. The lowest BCUT2D eigenvalue weighted by Gasteiger charge is -2.06. The first-order valence-corrected chi connectivity index (χ1v) is 6.14. The van der Waals surface area contributed by atoms with Crippen molar-refractivity contribution in [3.05, 3.63) is 65.7 Å². The molecule has 2 rings (SSSR count). The van der Waals surface area contributed by atoms with Crippen LogP contribution in [0.3, 0.4) is 0 Å². The molecule has 0 fully saturated rings. The van der Waals surface area contributed by atoms with Crippen molar-refractivity contribution in [3.63, 3.8) is 0 Å². The molecule has 92 valence electrons. The van der Waals surface area contributed by atoms with Gasteiger partial charge in [-0.1, -0.05) is 42.5 Å². The van der Waals surface area contributed by atoms with E-state index in [2.05, 4.69) is 24.4 Å². The molecular formula is C16H17NO. The van der Waals surface area contributed by atoms with E-state index >= 15 is 0 Å². The molecule has 0 atom stereocenters. The Kier molecular flexibility index (Phi) is 4.13. The fourth-order valence-corrected chi connectivity index (χ4v) is 1.84. The Hall–Kier alpha value is -2.09. The lowest BCUT2D eigenvalue weighted by Crippen LogP contribution is -2.08. The molecule has 0 bridgehead atoms. The van der Waals surface area contributed by atoms with Crippen molar-refractivity contribution in [2.24, 2.45) is 0 Å². The van der Waals surface area contributed by atoms with Crippen molar-refractivity contribution < 1.29 is 4.79 Å². The topological polar surface area (TPSA) is 29.1 Å². The molecule has 2 heteroatoms. The van der Waals surface area contributed by atoms with Gasteiger partial charge in [0.25, 0.3) is 0 Å². The predicted molar refractivity (Wildman–Crippen MR) is 75.1 cm³/mol. The average molecular weight is 239 g/mol. The summed E-state index contributed by atoms with van der Waals surface area (Å²) in [6, 6.07) is 17.6. The molecule has 0 amide bonds. The summed E-state index contributed by atoms with van der Waals surface area (Å²) in [4.78, 5) is 11.9. The Morgan fingerprint density at radius 2 is 1.83 bits per heavy atom. The second-order valence-electron chi connectivity index (χ2n) is 4.34. The lowest BCUT2D eigenvalue weighted by atomic mass is 10.1. The van der Waals surface area contributed by atoms with Crippen molar-refractivity contribution in [1.29, 1.82) is 0 Å². The summed E-state index contributed by atoms with van der Waals surface area (Å²) in [6.07, 6.45) is 0.512. The van der Waals surface area contributed by atoms with E-state index in [0.717, 1.165) is 11.3 Å². The molecule has 0 saturated heterocycles. The first-order valence-electron chi connectivity index (χ1n) is 6.14. The Bertz CT molecular complexity index is 520. The number of aryl methyl sites for hydroxylation is 1. The summed E-state index contributed by atoms with van der Waals surface area (Å²) < 4.78 is 0. The maximum absolute atomic E-state index is 11.9. The van der Waals surface area contributed by atoms with Crippen LogP contribution in [0.2, 0.25) is 0 Å². The molecule has 0 spiro atoms. The quantitative estimate of drug-likeness (QED) is 0.806. The average Bonchev–Trinajstić information content (AvgIpc) is 2.40. The van der Waals surface area contributed by atoms with E-state index < -0.39 is 0 Å². The van der Waals surface area contributed by atoms with Crippen molar-refractivity contribution in [2.75, 3.05) is 11.9 Å². The fraction of sp³-hybridized carbons (Fsp3) is 0.188. The molecule has 18 heavy (non-hydrogen) atoms. The first-order chi connectivity index (χ1) is 8.75. The van der Waals surface area contributed by atoms with Gasteiger partial charge in [-0.2, -0.15) is 0 Å². The van der Waals surface area contributed by atoms with E-state index in [1.54, 1.807) is 0 Å². The standard InChI is InChI=1S/C16H17NO/c1-13-6-5-9-15(12-13)17-11-10-16(18)14-7-3-2-4-8-14/h2-9,12,17H,10-11H2,1H3. The normalized spacial score (nSPS) is 10.1. The number of Topliss-reactive ketones (excluding diaryl/α,β-unsaturated/α-hetero) is 1. The van der Waals surface area contributed by atoms with Crippen LogP contribution in [0.1, 0.15) is 22.3 Å². The van der Waals surface area contributed by atoms with Gasteiger partial charge in [0.1, 0.15) is 0 Å². The molecule has 1 N–H and O–H groups in total. The predicted octanol–water partition coefficient (Wildman–Crippen LogP) is 3.68. The molecule has 2 aromatic rings. The van der Waals surface area contributed by atoms with Gasteiger partial charge in [-0.05, 0) is 24.6 Å². The summed E-state index contributed by atoms with van der Waals surface area (Å²) in [5.41, 5.74) is 3.06. The molecule has 0 unspecified atom stereocenters. The van der Waals surface area contributed by atoms with Gasteiger partial charge in [0.2, 0.25) is 0 Å². The number of nitrogens with one attached hydrogen (secondary N) is 1. The maximum atomic E-state index is 11.9. The number of hydrogen-bond donors (Lipinski definition) is 1. The van der Waals surface area contributed by atoms with Crippen LogP contribution in [0, 0.1) is 6.92 Å². The molecule has 0 heterocycles. The molecule has 2 nitrogen and oxygen atoms in total. The Morgan fingerprint density at radius 3 is 2.56 bits per heavy atom. The van der Waals surface area contributed by atoms with E-state index in [1.807, 2.05) is 42.5 Å². The molecule has 0 radical (unpaired) electrons. The van der Waals surface area contributed by atoms with Crippen LogP contribution in [0.25, 0.3) is 0 Å². The van der Waals surface area contributed by atoms with Gasteiger partial charge >= 0.3 is 0 Å². The summed E-state index contributed by atoms with van der Waals surface area (Å²) in [7, 11) is 0. The monoisotopic (exact) mass is 239 g/mol. The molecule has 0 aliphatic rings. The Morgan fingerprint density at radius 1 is 1.06 bits per heavy atom. The lowest BCUT2D eigenvalue weighted by molar-refractivity contribution is 0.0986. The van der Waals surface area contributed by atoms with Crippen LogP contribution in [-0.2, 0) is 0 Å². The molecule has 0 aliphatic heterocycles. The van der Waals surface area contributed by atoms with Crippen molar-refractivity contribution in [3.8, 4) is 0 Å². The third-order valence-electron chi connectivity index (χ3n) is 2.80. The zero-order chi connectivity index (χ0) is 12.8. The summed E-state index contributed by atoms with van der Waals surface area (Å²) >= 11 is 0. The third-order valence-corrected chi connectivity index (χ3v) is 2.80. The molecule has 0 saturated carbocycles. The summed E-state index contributed by atoms with van der Waals surface area (Å²) in [6.45, 7) is 2.72. The van der Waals surface area contributed by atoms with Gasteiger partial charge in [-0.3, -0.25) is 4.79 Å². The minimum absolute atomic E-state index is 0.177. The highest BCUT2D eigenvalue weighted by atomic mass is 16.1. The Balaban J connectivity index is 1.84. The molecule has 0 aromatic heterocycles. The number of rotatable bonds is 5. The van der Waals surface area contributed by atoms with Crippen LogP contribution in [-0.4, -0.2) is 12.3 Å². The number of ketones is 1. The van der Waals surface area contributed by atoms with Gasteiger partial charge < -0.3 is 5.32 Å². The first kappa shape index (κ1) is 12.4. The van der Waals surface area contributed by atoms with Crippen molar-refractivity contribution in [1.82, 2.24) is 0 Å². The molecule has 0 aliphatic carbocycles. The fourth-order valence-electron chi connectivity index (χ4n) is 1.84. The highest BCUT2D eigenvalue weighted by molar-refractivity contribution is 5.96. The second-order valence-corrected chi connectivity index (χ2v) is 4.34. The third kappa shape index (κ3) is 3.45. The largest absolute Gasteiger partial charge is 0.385 e. The number of hydrogen-bond acceptors (Lipinski definition) is 2. The summed E-state index contributed by atoms with van der Waals surface area (Å²) in [5, 5.41) is 3.27. The van der Waals surface area contributed by atoms with Crippen LogP contribution in [0.5, 0.6) is 0 Å². The van der Waals surface area contributed by atoms with E-state index in [0.29, 0.717) is 13.0 Å². The number of benzene rings is 2. The van der Waals surface area contributed by atoms with Crippen LogP contribution >= 0.6 is 0 Å². The van der Waals surface area contributed by atoms with E-state index in [1.165, 1.54) is 5.56 Å². The highest BCUT2D eigenvalue weighted by Gasteiger charge is 2.03. The number of carbonyl (C=O) groups excluding carboxylic acids is 1. The number of carbonyl (C=O) groups is 1. The van der Waals surface area contributed by atoms with Crippen molar-refractivity contribution in [2.45, 2.75) is 13.3 Å². The minimum Gasteiger partial charge on any atom is -0.385 e. The van der Waals surface area contributed by atoms with Gasteiger partial charge in [0.15, 0.2) is 5.78 Å². The van der Waals surface area contributed by atoms with Gasteiger partial charge in [-0.15, -0.1) is 0 Å². The molecular weight excluding hydrogens is 222 g/mol.